The number of carboxylic acid groups (broad SMARTS) is 1. The Morgan fingerprint density at radius 1 is 1.42 bits per heavy atom. The number of aromatic carboxylic acids is 1. The highest BCUT2D eigenvalue weighted by Crippen LogP contribution is 2.24. The molecule has 0 fully saturated rings. The first-order chi connectivity index (χ1) is 8.75. The van der Waals surface area contributed by atoms with E-state index in [1.807, 2.05) is 0 Å². The molecule has 1 rings (SSSR count). The fourth-order valence-electron chi connectivity index (χ4n) is 1.40. The number of hydrogen-bond acceptors (Lipinski definition) is 3. The quantitative estimate of drug-likeness (QED) is 0.872. The first-order valence-electron chi connectivity index (χ1n) is 5.63. The number of nitrogens with one attached hydrogen (secondary N) is 1. The lowest BCUT2D eigenvalue weighted by Gasteiger charge is -2.22. The lowest BCUT2D eigenvalue weighted by atomic mass is 10.0. The predicted molar refractivity (Wildman–Crippen MR) is 72.7 cm³/mol. The number of hydrogen-bond donors (Lipinski definition) is 2. The van der Waals surface area contributed by atoms with E-state index in [1.54, 1.807) is 13.8 Å². The normalized spacial score (nSPS) is 11.2. The minimum absolute atomic E-state index is 0.0696. The Morgan fingerprint density at radius 3 is 2.53 bits per heavy atom. The summed E-state index contributed by atoms with van der Waals surface area (Å²) in [6.07, 6.45) is 0.167. The van der Waals surface area contributed by atoms with E-state index in [9.17, 15) is 9.59 Å². The molecule has 1 amide bonds. The van der Waals surface area contributed by atoms with Crippen molar-refractivity contribution in [3.63, 3.8) is 0 Å². The van der Waals surface area contributed by atoms with Crippen LogP contribution in [0.2, 0.25) is 5.02 Å². The van der Waals surface area contributed by atoms with Crippen LogP contribution in [0, 0.1) is 0 Å². The highest BCUT2D eigenvalue weighted by molar-refractivity contribution is 6.34. The molecular weight excluding hydrogens is 270 g/mol. The average Bonchev–Trinajstić information content (AvgIpc) is 2.30. The lowest BCUT2D eigenvalue weighted by molar-refractivity contribution is -0.121. The summed E-state index contributed by atoms with van der Waals surface area (Å²) < 4.78 is 5.16. The number of carbonyl (C=O) groups excluding carboxylic acids is 1. The Labute approximate surface area is 116 Å². The van der Waals surface area contributed by atoms with Gasteiger partial charge in [-0.3, -0.25) is 4.79 Å². The molecule has 0 saturated carbocycles. The maximum absolute atomic E-state index is 11.8. The first-order valence-corrected chi connectivity index (χ1v) is 6.01. The van der Waals surface area contributed by atoms with E-state index in [2.05, 4.69) is 5.32 Å². The van der Waals surface area contributed by atoms with Gasteiger partial charge in [0.05, 0.1) is 28.3 Å². The van der Waals surface area contributed by atoms with Crippen LogP contribution in [-0.4, -0.2) is 29.7 Å². The number of ether oxygens (including phenoxy) is 1. The summed E-state index contributed by atoms with van der Waals surface area (Å²) >= 11 is 5.91. The largest absolute Gasteiger partial charge is 0.478 e. The topological polar surface area (TPSA) is 75.6 Å². The highest BCUT2D eigenvalue weighted by Gasteiger charge is 2.21. The fourth-order valence-corrected chi connectivity index (χ4v) is 1.63. The molecule has 5 nitrogen and oxygen atoms in total. The van der Waals surface area contributed by atoms with E-state index < -0.39 is 11.6 Å². The van der Waals surface area contributed by atoms with Crippen molar-refractivity contribution in [1.29, 1.82) is 0 Å². The van der Waals surface area contributed by atoms with Gasteiger partial charge in [-0.15, -0.1) is 0 Å². The number of amides is 1. The van der Waals surface area contributed by atoms with Crippen molar-refractivity contribution in [3.05, 3.63) is 28.8 Å². The zero-order valence-corrected chi connectivity index (χ0v) is 11.7. The zero-order valence-electron chi connectivity index (χ0n) is 11.0. The molecule has 6 heteroatoms. The highest BCUT2D eigenvalue weighted by atomic mass is 35.5. The Balaban J connectivity index is 2.78. The molecule has 1 aromatic rings. The van der Waals surface area contributed by atoms with Gasteiger partial charge in [-0.1, -0.05) is 11.6 Å². The third kappa shape index (κ3) is 4.54. The SMILES string of the molecule is COC(C)(C)CC(=O)Nc1ccc(C(=O)O)cc1Cl. The smallest absolute Gasteiger partial charge is 0.335 e. The van der Waals surface area contributed by atoms with Gasteiger partial charge in [0.1, 0.15) is 0 Å². The summed E-state index contributed by atoms with van der Waals surface area (Å²) in [4.78, 5) is 22.5. The molecule has 0 radical (unpaired) electrons. The molecular formula is C13H16ClNO4. The van der Waals surface area contributed by atoms with Crippen molar-refractivity contribution in [2.75, 3.05) is 12.4 Å². The molecule has 0 aliphatic rings. The summed E-state index contributed by atoms with van der Waals surface area (Å²) in [6, 6.07) is 4.13. The van der Waals surface area contributed by atoms with E-state index >= 15 is 0 Å². The predicted octanol–water partition coefficient (Wildman–Crippen LogP) is 2.79. The summed E-state index contributed by atoms with van der Waals surface area (Å²) in [5, 5.41) is 11.6. The van der Waals surface area contributed by atoms with Gasteiger partial charge in [-0.05, 0) is 32.0 Å². The van der Waals surface area contributed by atoms with Crippen LogP contribution in [0.1, 0.15) is 30.6 Å². The number of rotatable bonds is 5. The molecule has 0 atom stereocenters. The maximum atomic E-state index is 11.8. The third-order valence-corrected chi connectivity index (χ3v) is 2.94. The molecule has 0 aromatic heterocycles. The van der Waals surface area contributed by atoms with Crippen LogP contribution in [0.3, 0.4) is 0 Å². The monoisotopic (exact) mass is 285 g/mol. The van der Waals surface area contributed by atoms with Gasteiger partial charge in [-0.2, -0.15) is 0 Å². The van der Waals surface area contributed by atoms with Gasteiger partial charge in [0.15, 0.2) is 0 Å². The summed E-state index contributed by atoms with van der Waals surface area (Å²) in [6.45, 7) is 3.59. The zero-order chi connectivity index (χ0) is 14.6. The number of carbonyl (C=O) groups is 2. The van der Waals surface area contributed by atoms with Crippen LogP contribution < -0.4 is 5.32 Å². The summed E-state index contributed by atoms with van der Waals surface area (Å²) in [5.74, 6) is -1.32. The lowest BCUT2D eigenvalue weighted by Crippen LogP contribution is -2.29. The van der Waals surface area contributed by atoms with Gasteiger partial charge >= 0.3 is 5.97 Å². The molecule has 0 heterocycles. The number of anilines is 1. The molecule has 0 aliphatic heterocycles. The van der Waals surface area contributed by atoms with Crippen molar-refractivity contribution >= 4 is 29.2 Å². The van der Waals surface area contributed by atoms with Crippen LogP contribution in [-0.2, 0) is 9.53 Å². The second-order valence-electron chi connectivity index (χ2n) is 4.69. The first kappa shape index (κ1) is 15.5. The molecule has 0 aliphatic carbocycles. The Kier molecular flexibility index (Phi) is 4.91. The van der Waals surface area contributed by atoms with Gasteiger partial charge in [0.25, 0.3) is 0 Å². The van der Waals surface area contributed by atoms with Gasteiger partial charge < -0.3 is 15.2 Å². The van der Waals surface area contributed by atoms with Crippen LogP contribution in [0.25, 0.3) is 0 Å². The van der Waals surface area contributed by atoms with Crippen LogP contribution in [0.4, 0.5) is 5.69 Å². The van der Waals surface area contributed by atoms with E-state index in [1.165, 1.54) is 25.3 Å². The number of carboxylic acids is 1. The van der Waals surface area contributed by atoms with E-state index in [-0.39, 0.29) is 22.9 Å². The molecule has 104 valence electrons. The van der Waals surface area contributed by atoms with E-state index in [0.29, 0.717) is 5.69 Å². The molecule has 0 spiro atoms. The Morgan fingerprint density at radius 2 is 2.05 bits per heavy atom. The molecule has 2 N–H and O–H groups in total. The van der Waals surface area contributed by atoms with Gasteiger partial charge in [-0.25, -0.2) is 4.79 Å². The molecule has 0 saturated heterocycles. The Bertz CT molecular complexity index is 499. The van der Waals surface area contributed by atoms with Crippen molar-refractivity contribution in [3.8, 4) is 0 Å². The van der Waals surface area contributed by atoms with Crippen molar-refractivity contribution in [2.45, 2.75) is 25.9 Å². The molecule has 0 bridgehead atoms. The van der Waals surface area contributed by atoms with Crippen molar-refractivity contribution in [2.24, 2.45) is 0 Å². The second kappa shape index (κ2) is 6.04. The van der Waals surface area contributed by atoms with Crippen LogP contribution >= 0.6 is 11.6 Å². The second-order valence-corrected chi connectivity index (χ2v) is 5.10. The molecule has 19 heavy (non-hydrogen) atoms. The standard InChI is InChI=1S/C13H16ClNO4/c1-13(2,19-3)7-11(16)15-10-5-4-8(12(17)18)6-9(10)14/h4-6H,7H2,1-3H3,(H,15,16)(H,17,18). The van der Waals surface area contributed by atoms with Gasteiger partial charge in [0.2, 0.25) is 5.91 Å². The Hall–Kier alpha value is -1.59. The average molecular weight is 286 g/mol. The number of benzene rings is 1. The minimum atomic E-state index is -1.07. The molecule has 1 aromatic carbocycles. The van der Waals surface area contributed by atoms with E-state index in [4.69, 9.17) is 21.4 Å². The van der Waals surface area contributed by atoms with Crippen molar-refractivity contribution < 1.29 is 19.4 Å². The fraction of sp³-hybridized carbons (Fsp3) is 0.385. The van der Waals surface area contributed by atoms with Crippen LogP contribution in [0.5, 0.6) is 0 Å². The summed E-state index contributed by atoms with van der Waals surface area (Å²) in [7, 11) is 1.53. The number of halogens is 1. The van der Waals surface area contributed by atoms with Crippen molar-refractivity contribution in [1.82, 2.24) is 0 Å². The van der Waals surface area contributed by atoms with Crippen LogP contribution in [0.15, 0.2) is 18.2 Å². The molecule has 0 unspecified atom stereocenters. The number of methoxy groups -OCH3 is 1. The maximum Gasteiger partial charge on any atom is 0.335 e. The minimum Gasteiger partial charge on any atom is -0.478 e. The third-order valence-electron chi connectivity index (χ3n) is 2.63. The van der Waals surface area contributed by atoms with Gasteiger partial charge in [0, 0.05) is 7.11 Å². The summed E-state index contributed by atoms with van der Waals surface area (Å²) in [5.41, 5.74) is -0.124. The van der Waals surface area contributed by atoms with E-state index in [0.717, 1.165) is 0 Å².